The topological polar surface area (TPSA) is 10.9 Å². The number of thiophene rings is 2. The summed E-state index contributed by atoms with van der Waals surface area (Å²) in [4.78, 5) is 4.82. The molecule has 12 aromatic carbocycles. The monoisotopic (exact) mass is 963 g/mol. The highest BCUT2D eigenvalue weighted by Crippen LogP contribution is 2.47. The van der Waals surface area contributed by atoms with Gasteiger partial charge in [-0.25, -0.2) is 0 Å². The smallest absolute Gasteiger partial charge is 0.0620 e. The molecule has 3 nitrogen and oxygen atoms in total. The summed E-state index contributed by atoms with van der Waals surface area (Å²) in [5.41, 5.74) is 12.9. The van der Waals surface area contributed by atoms with E-state index >= 15 is 0 Å². The molecule has 16 rings (SSSR count). The third-order valence-corrected chi connectivity index (χ3v) is 17.5. The second-order valence-corrected chi connectivity index (χ2v) is 21.5. The molecule has 0 fully saturated rings. The van der Waals surface area contributed by atoms with Crippen LogP contribution >= 0.6 is 22.7 Å². The zero-order valence-corrected chi connectivity index (χ0v) is 41.0. The summed E-state index contributed by atoms with van der Waals surface area (Å²) >= 11 is 3.72. The first-order chi connectivity index (χ1) is 36.1. The van der Waals surface area contributed by atoms with Gasteiger partial charge in [-0.05, 0) is 166 Å². The molecule has 0 aliphatic carbocycles. The lowest BCUT2D eigenvalue weighted by atomic mass is 9.97. The van der Waals surface area contributed by atoms with Crippen molar-refractivity contribution in [2.75, 3.05) is 9.80 Å². The summed E-state index contributed by atoms with van der Waals surface area (Å²) in [5, 5.41) is 15.1. The van der Waals surface area contributed by atoms with Gasteiger partial charge in [0.2, 0.25) is 0 Å². The maximum Gasteiger partial charge on any atom is 0.0620 e. The van der Waals surface area contributed by atoms with Crippen LogP contribution in [0.25, 0.3) is 111 Å². The van der Waals surface area contributed by atoms with Crippen molar-refractivity contribution in [1.82, 2.24) is 4.40 Å². The normalized spacial score (nSPS) is 12.1. The van der Waals surface area contributed by atoms with Crippen LogP contribution < -0.4 is 9.80 Å². The molecule has 4 aromatic heterocycles. The SMILES string of the molecule is c1ccc(-c2cc3c4cc5ccc(N(c6ccccc6)c6ccc7sc8ccccc8c7c6)cc5cc4n4c5cc6cc(N(c7ccccc7)c7ccc8sc9ccccc9c8c7)ccc6cc5c(c2)c34)cc1. The van der Waals surface area contributed by atoms with Crippen LogP contribution in [0.15, 0.2) is 249 Å². The van der Waals surface area contributed by atoms with E-state index < -0.39 is 0 Å². The van der Waals surface area contributed by atoms with Crippen molar-refractivity contribution in [2.45, 2.75) is 0 Å². The number of para-hydroxylation sites is 2. The minimum absolute atomic E-state index is 1.12. The van der Waals surface area contributed by atoms with Gasteiger partial charge in [0.25, 0.3) is 0 Å². The molecule has 0 aliphatic heterocycles. The van der Waals surface area contributed by atoms with Gasteiger partial charge in [0.15, 0.2) is 0 Å². The summed E-state index contributed by atoms with van der Waals surface area (Å²) < 4.78 is 7.78. The molecule has 0 bridgehead atoms. The van der Waals surface area contributed by atoms with Crippen LogP contribution in [0.5, 0.6) is 0 Å². The number of benzene rings is 12. The summed E-state index contributed by atoms with van der Waals surface area (Å²) in [6.07, 6.45) is 0. The highest BCUT2D eigenvalue weighted by molar-refractivity contribution is 7.26. The van der Waals surface area contributed by atoms with Gasteiger partial charge < -0.3 is 14.2 Å². The van der Waals surface area contributed by atoms with Gasteiger partial charge in [-0.1, -0.05) is 115 Å². The van der Waals surface area contributed by atoms with Gasteiger partial charge in [-0.2, -0.15) is 0 Å². The summed E-state index contributed by atoms with van der Waals surface area (Å²) in [6.45, 7) is 0. The van der Waals surface area contributed by atoms with Crippen molar-refractivity contribution in [3.8, 4) is 11.1 Å². The number of hydrogen-bond donors (Lipinski definition) is 0. The van der Waals surface area contributed by atoms with Gasteiger partial charge in [0.1, 0.15) is 0 Å². The molecule has 0 spiro atoms. The molecule has 0 aliphatic rings. The molecular weight excluding hydrogens is 923 g/mol. The molecule has 0 N–H and O–H groups in total. The molecular formula is C68H41N3S2. The fourth-order valence-corrected chi connectivity index (χ4v) is 14.0. The average Bonchev–Trinajstić information content (AvgIpc) is 4.19. The lowest BCUT2D eigenvalue weighted by Gasteiger charge is -2.26. The van der Waals surface area contributed by atoms with Crippen molar-refractivity contribution in [2.24, 2.45) is 0 Å². The van der Waals surface area contributed by atoms with E-state index in [-0.39, 0.29) is 0 Å². The maximum atomic E-state index is 2.55. The highest BCUT2D eigenvalue weighted by Gasteiger charge is 2.23. The van der Waals surface area contributed by atoms with E-state index in [4.69, 9.17) is 0 Å². The molecule has 73 heavy (non-hydrogen) atoms. The van der Waals surface area contributed by atoms with E-state index in [2.05, 4.69) is 263 Å². The van der Waals surface area contributed by atoms with Crippen LogP contribution in [0.2, 0.25) is 0 Å². The highest BCUT2D eigenvalue weighted by atomic mass is 32.1. The minimum atomic E-state index is 1.12. The Labute approximate surface area is 428 Å². The van der Waals surface area contributed by atoms with Gasteiger partial charge in [-0.3, -0.25) is 0 Å². The van der Waals surface area contributed by atoms with Crippen molar-refractivity contribution in [3.63, 3.8) is 0 Å². The number of hydrogen-bond acceptors (Lipinski definition) is 4. The Kier molecular flexibility index (Phi) is 8.78. The van der Waals surface area contributed by atoms with Gasteiger partial charge in [0, 0.05) is 96.0 Å². The number of nitrogens with zero attached hydrogens (tertiary/aromatic N) is 3. The van der Waals surface area contributed by atoms with Gasteiger partial charge in [-0.15, -0.1) is 22.7 Å². The second-order valence-electron chi connectivity index (χ2n) is 19.3. The Bertz CT molecular complexity index is 4570. The molecule has 4 heterocycles. The fourth-order valence-electron chi connectivity index (χ4n) is 11.8. The Morgan fingerprint density at radius 2 is 0.658 bits per heavy atom. The first-order valence-corrected chi connectivity index (χ1v) is 26.5. The zero-order chi connectivity index (χ0) is 47.7. The van der Waals surface area contributed by atoms with Crippen LogP contribution in [-0.4, -0.2) is 4.40 Å². The standard InChI is InChI=1S/C68H41N3S2/c1-4-14-42(15-5-1)47-36-60-56-34-43-24-26-50(69(48-16-6-2-7-17-48)52-28-30-66-58(40-52)54-20-10-12-22-64(54)72-66)32-45(43)38-62(56)71-63-39-46-33-51(27-25-44(46)35-57(63)61(37-47)68(60)71)70(49-18-8-3-9-19-49)53-29-31-67-59(41-53)55-21-11-13-23-65(55)73-67/h1-41H. The second kappa shape index (κ2) is 15.8. The average molecular weight is 964 g/mol. The molecule has 0 saturated carbocycles. The van der Waals surface area contributed by atoms with Crippen LogP contribution in [-0.2, 0) is 0 Å². The third-order valence-electron chi connectivity index (χ3n) is 15.2. The Morgan fingerprint density at radius 1 is 0.247 bits per heavy atom. The zero-order valence-electron chi connectivity index (χ0n) is 39.3. The largest absolute Gasteiger partial charge is 0.310 e. The predicted octanol–water partition coefficient (Wildman–Crippen LogP) is 20.5. The molecule has 5 heteroatoms. The van der Waals surface area contributed by atoms with Crippen molar-refractivity contribution >= 4 is 157 Å². The third kappa shape index (κ3) is 6.29. The Hall–Kier alpha value is -9.00. The maximum absolute atomic E-state index is 2.55. The van der Waals surface area contributed by atoms with Crippen LogP contribution in [0, 0.1) is 0 Å². The van der Waals surface area contributed by atoms with Gasteiger partial charge >= 0.3 is 0 Å². The predicted molar refractivity (Wildman–Crippen MR) is 317 cm³/mol. The number of anilines is 6. The van der Waals surface area contributed by atoms with E-state index in [1.165, 1.54) is 111 Å². The van der Waals surface area contributed by atoms with E-state index in [1.807, 2.05) is 22.7 Å². The molecule has 0 radical (unpaired) electrons. The molecule has 0 amide bonds. The Morgan fingerprint density at radius 3 is 1.15 bits per heavy atom. The number of aromatic nitrogens is 1. The van der Waals surface area contributed by atoms with Crippen molar-refractivity contribution < 1.29 is 0 Å². The lowest BCUT2D eigenvalue weighted by molar-refractivity contribution is 1.29. The number of fused-ring (bicyclic) bond motifs is 14. The molecule has 340 valence electrons. The van der Waals surface area contributed by atoms with E-state index in [9.17, 15) is 0 Å². The van der Waals surface area contributed by atoms with Crippen LogP contribution in [0.3, 0.4) is 0 Å². The van der Waals surface area contributed by atoms with Crippen molar-refractivity contribution in [3.05, 3.63) is 249 Å². The Balaban J connectivity index is 0.913. The molecule has 0 saturated heterocycles. The lowest BCUT2D eigenvalue weighted by Crippen LogP contribution is -2.09. The quantitative estimate of drug-likeness (QED) is 0.158. The minimum Gasteiger partial charge on any atom is -0.310 e. The summed E-state index contributed by atoms with van der Waals surface area (Å²) in [6, 6.07) is 92.4. The first kappa shape index (κ1) is 40.7. The number of rotatable bonds is 7. The van der Waals surface area contributed by atoms with Gasteiger partial charge in [0.05, 0.1) is 16.6 Å². The fraction of sp³-hybridized carbons (Fsp3) is 0. The van der Waals surface area contributed by atoms with E-state index in [0.717, 1.165) is 34.1 Å². The molecule has 0 atom stereocenters. The van der Waals surface area contributed by atoms with Crippen LogP contribution in [0.1, 0.15) is 0 Å². The van der Waals surface area contributed by atoms with E-state index in [0.29, 0.717) is 0 Å². The van der Waals surface area contributed by atoms with Crippen LogP contribution in [0.4, 0.5) is 34.1 Å². The summed E-state index contributed by atoms with van der Waals surface area (Å²) in [5.74, 6) is 0. The molecule has 16 aromatic rings. The summed E-state index contributed by atoms with van der Waals surface area (Å²) in [7, 11) is 0. The van der Waals surface area contributed by atoms with Crippen molar-refractivity contribution in [1.29, 1.82) is 0 Å². The van der Waals surface area contributed by atoms with E-state index in [1.54, 1.807) is 0 Å². The molecule has 0 unspecified atom stereocenters. The first-order valence-electron chi connectivity index (χ1n) is 24.9.